The number of hydrogen-bond donors (Lipinski definition) is 0. The third kappa shape index (κ3) is 5.13. The maximum Gasteiger partial charge on any atom is 0.160 e. The van der Waals surface area contributed by atoms with Gasteiger partial charge >= 0.3 is 0 Å². The molecule has 1 saturated heterocycles. The van der Waals surface area contributed by atoms with Crippen molar-refractivity contribution in [3.8, 4) is 22.5 Å². The number of anilines is 1. The second kappa shape index (κ2) is 12.8. The summed E-state index contributed by atoms with van der Waals surface area (Å²) in [7, 11) is 0. The first-order valence-electron chi connectivity index (χ1n) is 20.5. The molecular weight excluding hydrogens is 695 g/mol. The van der Waals surface area contributed by atoms with Gasteiger partial charge in [0.1, 0.15) is 11.2 Å². The van der Waals surface area contributed by atoms with Crippen LogP contribution in [-0.2, 0) is 0 Å². The van der Waals surface area contributed by atoms with Crippen molar-refractivity contribution in [2.45, 2.75) is 25.8 Å². The molecule has 4 aromatic carbocycles. The van der Waals surface area contributed by atoms with Crippen LogP contribution in [0.15, 0.2) is 186 Å². The molecule has 0 N–H and O–H groups in total. The lowest BCUT2D eigenvalue weighted by molar-refractivity contribution is 0.453. The molecule has 6 unspecified atom stereocenters. The van der Waals surface area contributed by atoms with Crippen molar-refractivity contribution in [3.05, 3.63) is 193 Å². The number of benzene rings is 4. The van der Waals surface area contributed by atoms with Crippen molar-refractivity contribution in [3.63, 3.8) is 0 Å². The lowest BCUT2D eigenvalue weighted by atomic mass is 9.76. The molecule has 0 spiro atoms. The summed E-state index contributed by atoms with van der Waals surface area (Å²) in [5, 5.41) is 4.54. The summed E-state index contributed by atoms with van der Waals surface area (Å²) in [6.07, 6.45) is 37.1. The molecule has 1 aliphatic heterocycles. The highest BCUT2D eigenvalue weighted by molar-refractivity contribution is 6.18. The van der Waals surface area contributed by atoms with E-state index in [2.05, 4.69) is 182 Å². The van der Waals surface area contributed by atoms with E-state index in [1.165, 1.54) is 22.0 Å². The van der Waals surface area contributed by atoms with Gasteiger partial charge in [0.15, 0.2) is 5.82 Å². The molecule has 6 atom stereocenters. The predicted octanol–water partition coefficient (Wildman–Crippen LogP) is 12.8. The average Bonchev–Trinajstić information content (AvgIpc) is 3.79. The van der Waals surface area contributed by atoms with Crippen molar-refractivity contribution in [1.29, 1.82) is 0 Å². The fourth-order valence-electron chi connectivity index (χ4n) is 10.3. The van der Waals surface area contributed by atoms with Gasteiger partial charge in [0.05, 0.1) is 23.1 Å². The smallest absolute Gasteiger partial charge is 0.160 e. The molecule has 1 fully saturated rings. The minimum atomic E-state index is 0.137. The van der Waals surface area contributed by atoms with E-state index in [-0.39, 0.29) is 17.9 Å². The van der Waals surface area contributed by atoms with Crippen LogP contribution in [0.25, 0.3) is 60.8 Å². The Morgan fingerprint density at radius 1 is 0.667 bits per heavy atom. The van der Waals surface area contributed by atoms with Crippen LogP contribution in [0.2, 0.25) is 0 Å². The lowest BCUT2D eigenvalue weighted by Gasteiger charge is -2.33. The van der Waals surface area contributed by atoms with Gasteiger partial charge in [-0.1, -0.05) is 146 Å². The summed E-state index contributed by atoms with van der Waals surface area (Å²) in [6, 6.07) is 28.3. The standard InChI is InChI=1S/C53H41N3O/c1-32-51(34-14-3-2-4-15-34)54-53(40-24-23-33-13-5-6-16-35(33)27-40)55-52(32)50-45(25-26-47-49(50)43-29-37-18-8-10-20-39(37)31-48(43)57-47)56-44-22-12-11-21-41(44)42-28-36-17-7-9-19-38(36)30-46(42)56/h2-16,18,20-31,33,35-36,38,41,44H,17,19H2,1H3. The van der Waals surface area contributed by atoms with Gasteiger partial charge in [-0.2, -0.15) is 0 Å². The summed E-state index contributed by atoms with van der Waals surface area (Å²) in [6.45, 7) is 2.21. The van der Waals surface area contributed by atoms with E-state index in [9.17, 15) is 0 Å². The topological polar surface area (TPSA) is 42.2 Å². The molecule has 4 nitrogen and oxygen atoms in total. The molecule has 3 heterocycles. The SMILES string of the molecule is Cc1c(-c2ccccc2)nc(C2=CC3C=CC=CC3C=C2)nc1-c1c(N2C3=CC4CC=CCC4C=C3C3C=CC=CC32)ccc2oc3cc4ccccc4cc3c12. The number of allylic oxidation sites excluding steroid dienone is 15. The summed E-state index contributed by atoms with van der Waals surface area (Å²) in [4.78, 5) is 13.7. The first-order chi connectivity index (χ1) is 28.2. The Hall–Kier alpha value is -6.52. The monoisotopic (exact) mass is 735 g/mol. The molecule has 2 aromatic heterocycles. The maximum absolute atomic E-state index is 6.83. The van der Waals surface area contributed by atoms with E-state index in [4.69, 9.17) is 14.4 Å². The van der Waals surface area contributed by atoms with Crippen molar-refractivity contribution >= 4 is 44.0 Å². The summed E-state index contributed by atoms with van der Waals surface area (Å²) in [5.74, 6) is 2.63. The molecule has 0 saturated carbocycles. The van der Waals surface area contributed by atoms with Gasteiger partial charge in [-0.15, -0.1) is 0 Å². The van der Waals surface area contributed by atoms with E-state index >= 15 is 0 Å². The molecule has 0 amide bonds. The van der Waals surface area contributed by atoms with Crippen LogP contribution in [0.4, 0.5) is 5.69 Å². The Bertz CT molecular complexity index is 2960. The van der Waals surface area contributed by atoms with Crippen LogP contribution in [0.5, 0.6) is 0 Å². The van der Waals surface area contributed by atoms with Gasteiger partial charge in [-0.3, -0.25) is 0 Å². The van der Waals surface area contributed by atoms with Crippen LogP contribution in [0, 0.1) is 36.5 Å². The largest absolute Gasteiger partial charge is 0.456 e. The van der Waals surface area contributed by atoms with Crippen LogP contribution in [0.1, 0.15) is 24.2 Å². The van der Waals surface area contributed by atoms with Gasteiger partial charge < -0.3 is 9.32 Å². The number of nitrogens with zero attached hydrogens (tertiary/aromatic N) is 3. The zero-order chi connectivity index (χ0) is 37.6. The Morgan fingerprint density at radius 2 is 1.40 bits per heavy atom. The lowest BCUT2D eigenvalue weighted by Crippen LogP contribution is -2.31. The fourth-order valence-corrected chi connectivity index (χ4v) is 10.3. The second-order valence-corrected chi connectivity index (χ2v) is 16.4. The first kappa shape index (κ1) is 32.7. The van der Waals surface area contributed by atoms with Gasteiger partial charge in [0, 0.05) is 56.5 Å². The molecule has 274 valence electrons. The molecule has 4 heteroatoms. The average molecular weight is 736 g/mol. The Kier molecular flexibility index (Phi) is 7.32. The highest BCUT2D eigenvalue weighted by Gasteiger charge is 2.44. The van der Waals surface area contributed by atoms with Gasteiger partial charge in [-0.05, 0) is 72.2 Å². The van der Waals surface area contributed by atoms with E-state index in [1.807, 2.05) is 0 Å². The first-order valence-corrected chi connectivity index (χ1v) is 20.5. The minimum absolute atomic E-state index is 0.137. The maximum atomic E-state index is 6.83. The summed E-state index contributed by atoms with van der Waals surface area (Å²) < 4.78 is 6.83. The van der Waals surface area contributed by atoms with Crippen molar-refractivity contribution in [2.24, 2.45) is 29.6 Å². The third-order valence-electron chi connectivity index (χ3n) is 13.1. The molecule has 6 aromatic rings. The molecule has 0 radical (unpaired) electrons. The number of hydrogen-bond acceptors (Lipinski definition) is 4. The highest BCUT2D eigenvalue weighted by Crippen LogP contribution is 2.53. The molecule has 0 bridgehead atoms. The number of aromatic nitrogens is 2. The van der Waals surface area contributed by atoms with Crippen LogP contribution in [-0.4, -0.2) is 16.0 Å². The van der Waals surface area contributed by atoms with Crippen molar-refractivity contribution < 1.29 is 4.42 Å². The Labute approximate surface area is 332 Å². The quantitative estimate of drug-likeness (QED) is 0.169. The molecule has 12 rings (SSSR count). The zero-order valence-electron chi connectivity index (χ0n) is 31.8. The fraction of sp³-hybridized carbons (Fsp3) is 0.170. The van der Waals surface area contributed by atoms with Crippen molar-refractivity contribution in [2.75, 3.05) is 4.90 Å². The van der Waals surface area contributed by atoms with Crippen LogP contribution >= 0.6 is 0 Å². The summed E-state index contributed by atoms with van der Waals surface area (Å²) in [5.41, 5.74) is 11.8. The summed E-state index contributed by atoms with van der Waals surface area (Å²) >= 11 is 0. The van der Waals surface area contributed by atoms with E-state index in [0.717, 1.165) is 79.9 Å². The van der Waals surface area contributed by atoms with Crippen LogP contribution < -0.4 is 4.90 Å². The zero-order valence-corrected chi connectivity index (χ0v) is 31.8. The number of fused-ring (bicyclic) bond motifs is 9. The van der Waals surface area contributed by atoms with E-state index < -0.39 is 0 Å². The molecular formula is C53H41N3O. The Morgan fingerprint density at radius 3 is 2.26 bits per heavy atom. The molecule has 6 aliphatic rings. The van der Waals surface area contributed by atoms with Gasteiger partial charge in [-0.25, -0.2) is 9.97 Å². The predicted molar refractivity (Wildman–Crippen MR) is 234 cm³/mol. The number of rotatable bonds is 4. The molecule has 57 heavy (non-hydrogen) atoms. The molecule has 5 aliphatic carbocycles. The van der Waals surface area contributed by atoms with Gasteiger partial charge in [0.2, 0.25) is 0 Å². The second-order valence-electron chi connectivity index (χ2n) is 16.4. The highest BCUT2D eigenvalue weighted by atomic mass is 16.3. The number of furan rings is 1. The van der Waals surface area contributed by atoms with Crippen molar-refractivity contribution in [1.82, 2.24) is 9.97 Å². The third-order valence-corrected chi connectivity index (χ3v) is 13.1. The Balaban J connectivity index is 1.17. The normalized spacial score (nSPS) is 25.4. The van der Waals surface area contributed by atoms with E-state index in [0.29, 0.717) is 17.8 Å². The van der Waals surface area contributed by atoms with Crippen LogP contribution in [0.3, 0.4) is 0 Å². The minimum Gasteiger partial charge on any atom is -0.456 e. The van der Waals surface area contributed by atoms with Gasteiger partial charge in [0.25, 0.3) is 0 Å². The van der Waals surface area contributed by atoms with E-state index in [1.54, 1.807) is 0 Å².